The van der Waals surface area contributed by atoms with Crippen LogP contribution in [0.5, 0.6) is 0 Å². The summed E-state index contributed by atoms with van der Waals surface area (Å²) in [5.74, 6) is -1.97. The molecule has 0 spiro atoms. The fourth-order valence-corrected chi connectivity index (χ4v) is 13.0. The van der Waals surface area contributed by atoms with Gasteiger partial charge in [-0.15, -0.1) is 0 Å². The third-order valence-electron chi connectivity index (χ3n) is 19.6. The van der Waals surface area contributed by atoms with Crippen molar-refractivity contribution < 1.29 is 42.9 Å². The Hall–Kier alpha value is -3.53. The molecule has 101 heavy (non-hydrogen) atoms. The lowest BCUT2D eigenvalue weighted by Crippen LogP contribution is -2.40. The second kappa shape index (κ2) is 82.1. The maximum Gasteiger partial charge on any atom is 0.361 e. The normalized spacial score (nSPS) is 13.0. The first-order chi connectivity index (χ1) is 49.6. The van der Waals surface area contributed by atoms with Crippen LogP contribution in [0.3, 0.4) is 0 Å². The van der Waals surface area contributed by atoms with Gasteiger partial charge in [-0.3, -0.25) is 9.59 Å². The molecule has 0 bridgehead atoms. The minimum atomic E-state index is -1.51. The van der Waals surface area contributed by atoms with Gasteiger partial charge in [0.25, 0.3) is 6.29 Å². The van der Waals surface area contributed by atoms with E-state index in [0.717, 1.165) is 77.0 Å². The summed E-state index contributed by atoms with van der Waals surface area (Å²) in [5, 5.41) is 9.79. The van der Waals surface area contributed by atoms with Gasteiger partial charge in [0.1, 0.15) is 13.2 Å². The van der Waals surface area contributed by atoms with Crippen LogP contribution in [0.2, 0.25) is 0 Å². The summed E-state index contributed by atoms with van der Waals surface area (Å²) in [4.78, 5) is 37.8. The van der Waals surface area contributed by atoms with Crippen LogP contribution >= 0.6 is 0 Å². The van der Waals surface area contributed by atoms with Gasteiger partial charge in [-0.05, 0) is 89.9 Å². The summed E-state index contributed by atoms with van der Waals surface area (Å²) >= 11 is 0. The van der Waals surface area contributed by atoms with Crippen LogP contribution in [0.25, 0.3) is 0 Å². The van der Waals surface area contributed by atoms with Crippen LogP contribution in [-0.4, -0.2) is 87.4 Å². The standard InChI is InChI=1S/C92H167NO8/c1-6-8-10-12-14-16-18-20-22-24-26-28-30-32-34-36-38-40-42-44-45-47-48-50-52-54-56-58-60-62-64-66-68-70-72-74-76-78-80-82-89(94)99-86-88(87-100-92(91(96)97)98-85-84-93(3,4)5)101-90(95)83-81-79-77-75-73-71-69-67-65-63-61-59-57-55-53-51-49-46-43-41-39-37-35-33-31-29-27-25-23-21-19-17-15-13-11-9-7-2/h9,11,15,17-18,20-21,23-24,26-27,29-30,32,88,92H,6-8,10,12-14,16,19,22,25,28,31,33-87H2,1-5H3/p+1/b11-9-,17-15-,20-18-,23-21-,26-24-,29-27-,32-30-. The van der Waals surface area contributed by atoms with Crippen molar-refractivity contribution >= 4 is 17.9 Å². The van der Waals surface area contributed by atoms with Gasteiger partial charge in [0.2, 0.25) is 0 Å². The topological polar surface area (TPSA) is 108 Å². The molecular formula is C92H168NO8+. The third kappa shape index (κ3) is 83.6. The molecule has 0 heterocycles. The molecular weight excluding hydrogens is 1250 g/mol. The molecule has 0 rings (SSSR count). The van der Waals surface area contributed by atoms with Gasteiger partial charge >= 0.3 is 17.9 Å². The zero-order valence-corrected chi connectivity index (χ0v) is 67.6. The molecule has 0 radical (unpaired) electrons. The number of nitrogens with zero attached hydrogens (tertiary/aromatic N) is 1. The molecule has 2 atom stereocenters. The molecule has 0 amide bonds. The van der Waals surface area contributed by atoms with Gasteiger partial charge < -0.3 is 28.5 Å². The van der Waals surface area contributed by atoms with Crippen molar-refractivity contribution in [3.8, 4) is 0 Å². The smallest absolute Gasteiger partial charge is 0.361 e. The Morgan fingerprint density at radius 1 is 0.307 bits per heavy atom. The lowest BCUT2D eigenvalue weighted by Gasteiger charge is -2.25. The van der Waals surface area contributed by atoms with Gasteiger partial charge in [-0.1, -0.05) is 407 Å². The fraction of sp³-hybridized carbons (Fsp3) is 0.815. The van der Waals surface area contributed by atoms with Crippen molar-refractivity contribution in [3.63, 3.8) is 0 Å². The Labute approximate surface area is 627 Å². The van der Waals surface area contributed by atoms with Crippen molar-refractivity contribution in [3.05, 3.63) is 85.1 Å². The van der Waals surface area contributed by atoms with E-state index in [1.807, 2.05) is 21.1 Å². The maximum atomic E-state index is 13.0. The predicted molar refractivity (Wildman–Crippen MR) is 438 cm³/mol. The Morgan fingerprint density at radius 3 is 0.842 bits per heavy atom. The predicted octanol–water partition coefficient (Wildman–Crippen LogP) is 28.5. The van der Waals surface area contributed by atoms with E-state index in [1.54, 1.807) is 0 Å². The van der Waals surface area contributed by atoms with E-state index >= 15 is 0 Å². The van der Waals surface area contributed by atoms with Crippen LogP contribution in [0.4, 0.5) is 0 Å². The minimum Gasteiger partial charge on any atom is -0.477 e. The second-order valence-corrected chi connectivity index (χ2v) is 30.8. The fourth-order valence-electron chi connectivity index (χ4n) is 13.0. The van der Waals surface area contributed by atoms with E-state index in [0.29, 0.717) is 17.4 Å². The highest BCUT2D eigenvalue weighted by molar-refractivity contribution is 5.71. The summed E-state index contributed by atoms with van der Waals surface area (Å²) < 4.78 is 23.1. The summed E-state index contributed by atoms with van der Waals surface area (Å²) in [6.07, 6.45) is 111. The van der Waals surface area contributed by atoms with Gasteiger partial charge in [0.05, 0.1) is 34.4 Å². The highest BCUT2D eigenvalue weighted by Gasteiger charge is 2.25. The van der Waals surface area contributed by atoms with Crippen molar-refractivity contribution in [1.29, 1.82) is 0 Å². The van der Waals surface area contributed by atoms with Crippen LogP contribution in [0.1, 0.15) is 425 Å². The van der Waals surface area contributed by atoms with Gasteiger partial charge in [0.15, 0.2) is 6.10 Å². The zero-order valence-electron chi connectivity index (χ0n) is 67.6. The Bertz CT molecular complexity index is 1940. The molecule has 588 valence electrons. The first-order valence-electron chi connectivity index (χ1n) is 43.8. The maximum absolute atomic E-state index is 13.0. The molecule has 2 unspecified atom stereocenters. The Morgan fingerprint density at radius 2 is 0.564 bits per heavy atom. The summed E-state index contributed by atoms with van der Waals surface area (Å²) in [5.41, 5.74) is 0. The van der Waals surface area contributed by atoms with E-state index in [4.69, 9.17) is 18.9 Å². The highest BCUT2D eigenvalue weighted by Crippen LogP contribution is 2.20. The molecule has 0 aliphatic carbocycles. The van der Waals surface area contributed by atoms with Gasteiger partial charge in [-0.25, -0.2) is 4.79 Å². The molecule has 0 aromatic carbocycles. The first-order valence-corrected chi connectivity index (χ1v) is 43.8. The number of hydrogen-bond acceptors (Lipinski definition) is 7. The minimum absolute atomic E-state index is 0.177. The number of carboxylic acids is 1. The second-order valence-electron chi connectivity index (χ2n) is 30.8. The summed E-state index contributed by atoms with van der Waals surface area (Å²) in [6, 6.07) is 0. The molecule has 9 nitrogen and oxygen atoms in total. The molecule has 0 fully saturated rings. The number of aliphatic carboxylic acids is 1. The van der Waals surface area contributed by atoms with Crippen LogP contribution in [0.15, 0.2) is 85.1 Å². The van der Waals surface area contributed by atoms with Crippen LogP contribution < -0.4 is 0 Å². The van der Waals surface area contributed by atoms with Crippen molar-refractivity contribution in [2.45, 2.75) is 437 Å². The van der Waals surface area contributed by atoms with Crippen LogP contribution in [0, 0.1) is 0 Å². The van der Waals surface area contributed by atoms with Crippen molar-refractivity contribution in [2.24, 2.45) is 0 Å². The lowest BCUT2D eigenvalue weighted by atomic mass is 10.0. The monoisotopic (exact) mass is 1420 g/mol. The average Bonchev–Trinajstić information content (AvgIpc) is 1.25. The SMILES string of the molecule is CC/C=C\C/C=C\C/C=C\C/C=C\CCCCCCCCCCCCCCCCCCCCCCCCCCC(=O)OC(COC(=O)CCCCCCCCCCCCCCCCCCCCCCCCCC/C=C\C/C=C\C/C=C\CCCCCCC)COC(OCC[N+](C)(C)C)C(=O)O. The molecule has 0 aromatic rings. The number of carbonyl (C=O) groups is 3. The number of carbonyl (C=O) groups excluding carboxylic acids is 2. The van der Waals surface area contributed by atoms with E-state index in [9.17, 15) is 19.5 Å². The van der Waals surface area contributed by atoms with Gasteiger partial charge in [-0.2, -0.15) is 0 Å². The largest absolute Gasteiger partial charge is 0.477 e. The number of carboxylic acid groups (broad SMARTS) is 1. The number of hydrogen-bond donors (Lipinski definition) is 1. The molecule has 0 aromatic heterocycles. The van der Waals surface area contributed by atoms with Crippen molar-refractivity contribution in [1.82, 2.24) is 0 Å². The van der Waals surface area contributed by atoms with Crippen LogP contribution in [-0.2, 0) is 33.3 Å². The molecule has 0 saturated heterocycles. The first kappa shape index (κ1) is 97.5. The summed E-state index contributed by atoms with van der Waals surface area (Å²) in [6.45, 7) is 4.82. The third-order valence-corrected chi connectivity index (χ3v) is 19.6. The number of rotatable bonds is 82. The van der Waals surface area contributed by atoms with Gasteiger partial charge in [0, 0.05) is 12.8 Å². The molecule has 0 aliphatic heterocycles. The number of allylic oxidation sites excluding steroid dienone is 14. The average molecular weight is 1420 g/mol. The molecule has 0 saturated carbocycles. The van der Waals surface area contributed by atoms with E-state index in [-0.39, 0.29) is 38.2 Å². The Balaban J connectivity index is 3.92. The van der Waals surface area contributed by atoms with Crippen molar-refractivity contribution in [2.75, 3.05) is 47.5 Å². The quantitative estimate of drug-likeness (QED) is 0.0211. The number of ether oxygens (including phenoxy) is 4. The number of quaternary nitrogens is 1. The van der Waals surface area contributed by atoms with E-state index in [1.165, 1.54) is 321 Å². The van der Waals surface area contributed by atoms with E-state index < -0.39 is 18.4 Å². The summed E-state index contributed by atoms with van der Waals surface area (Å²) in [7, 11) is 6.00. The molecule has 0 aliphatic rings. The number of likely N-dealkylation sites (N-methyl/N-ethyl adjacent to an activating group) is 1. The van der Waals surface area contributed by atoms with E-state index in [2.05, 4.69) is 98.9 Å². The Kier molecular flexibility index (Phi) is 79.3. The number of unbranched alkanes of at least 4 members (excludes halogenated alkanes) is 53. The molecule has 1 N–H and O–H groups in total. The molecule has 9 heteroatoms. The number of esters is 2. The lowest BCUT2D eigenvalue weighted by molar-refractivity contribution is -0.870. The highest BCUT2D eigenvalue weighted by atomic mass is 16.7. The zero-order chi connectivity index (χ0) is 73.2.